The van der Waals surface area contributed by atoms with E-state index in [0.717, 1.165) is 30.5 Å². The summed E-state index contributed by atoms with van der Waals surface area (Å²) in [7, 11) is 0. The molecule has 5 aliphatic rings. The van der Waals surface area contributed by atoms with Gasteiger partial charge in [-0.25, -0.2) is 4.98 Å². The Morgan fingerprint density at radius 1 is 1.11 bits per heavy atom. The molecule has 2 N–H and O–H groups in total. The van der Waals surface area contributed by atoms with E-state index in [4.69, 9.17) is 9.47 Å². The molecule has 7 nitrogen and oxygen atoms in total. The van der Waals surface area contributed by atoms with Gasteiger partial charge in [-0.3, -0.25) is 9.59 Å². The van der Waals surface area contributed by atoms with Gasteiger partial charge < -0.3 is 20.1 Å². The molecule has 6 rings (SSSR count). The summed E-state index contributed by atoms with van der Waals surface area (Å²) in [6.45, 7) is 12.8. The normalized spacial score (nSPS) is 30.4. The molecule has 1 aromatic heterocycles. The Kier molecular flexibility index (Phi) is 7.53. The van der Waals surface area contributed by atoms with Crippen LogP contribution in [0.1, 0.15) is 83.4 Å². The number of carbonyl (C=O) groups excluding carboxylic acids is 2. The Morgan fingerprint density at radius 2 is 1.89 bits per heavy atom. The summed E-state index contributed by atoms with van der Waals surface area (Å²) in [4.78, 5) is 31.3. The third-order valence-electron chi connectivity index (χ3n) is 9.13. The first-order valence-corrected chi connectivity index (χ1v) is 14.3. The van der Waals surface area contributed by atoms with Gasteiger partial charge in [-0.05, 0) is 72.5 Å². The first-order valence-electron chi connectivity index (χ1n) is 14.3. The second kappa shape index (κ2) is 10.6. The number of hydrogen-bond acceptors (Lipinski definition) is 5. The molecule has 7 atom stereocenters. The Hall–Kier alpha value is -2.51. The van der Waals surface area contributed by atoms with Gasteiger partial charge in [0.1, 0.15) is 11.7 Å². The van der Waals surface area contributed by atoms with Crippen molar-refractivity contribution >= 4 is 17.4 Å². The number of allylic oxidation sites excluding steroid dienone is 4. The van der Waals surface area contributed by atoms with Gasteiger partial charge in [0, 0.05) is 0 Å². The van der Waals surface area contributed by atoms with E-state index in [1.165, 1.54) is 6.42 Å². The highest BCUT2D eigenvalue weighted by Gasteiger charge is 2.62. The van der Waals surface area contributed by atoms with Gasteiger partial charge >= 0.3 is 0 Å². The monoisotopic (exact) mass is 521 g/mol. The van der Waals surface area contributed by atoms with Crippen LogP contribution in [-0.4, -0.2) is 47.4 Å². The lowest BCUT2D eigenvalue weighted by Gasteiger charge is -2.59. The van der Waals surface area contributed by atoms with E-state index in [9.17, 15) is 9.59 Å². The third-order valence-corrected chi connectivity index (χ3v) is 9.13. The Balaban J connectivity index is 1.26. The molecule has 0 spiro atoms. The van der Waals surface area contributed by atoms with Crippen molar-refractivity contribution in [1.29, 1.82) is 0 Å². The summed E-state index contributed by atoms with van der Waals surface area (Å²) >= 11 is 0. The predicted molar refractivity (Wildman–Crippen MR) is 147 cm³/mol. The fraction of sp³-hybridized carbons (Fsp3) is 0.645. The lowest BCUT2D eigenvalue weighted by atomic mass is 9.47. The third kappa shape index (κ3) is 5.20. The van der Waals surface area contributed by atoms with Crippen LogP contribution in [0.2, 0.25) is 0 Å². The van der Waals surface area contributed by atoms with Crippen molar-refractivity contribution in [2.75, 3.05) is 0 Å². The average Bonchev–Trinajstić information content (AvgIpc) is 3.56. The number of ether oxygens (including phenoxy) is 2. The Labute approximate surface area is 226 Å². The number of carbonyl (C=O) groups is 2. The molecular formula is C31H43N3O4. The molecule has 1 aliphatic heterocycles. The molecular weight excluding hydrogens is 478 g/mol. The Morgan fingerprint density at radius 3 is 2.55 bits per heavy atom. The van der Waals surface area contributed by atoms with Crippen LogP contribution >= 0.6 is 0 Å². The second-order valence-electron chi connectivity index (χ2n) is 12.9. The predicted octanol–water partition coefficient (Wildman–Crippen LogP) is 4.89. The van der Waals surface area contributed by atoms with E-state index in [-0.39, 0.29) is 36.0 Å². The van der Waals surface area contributed by atoms with E-state index in [1.54, 1.807) is 6.07 Å². The van der Waals surface area contributed by atoms with Crippen LogP contribution in [0.15, 0.2) is 36.4 Å². The number of nitrogens with zero attached hydrogens (tertiary/aromatic N) is 1. The van der Waals surface area contributed by atoms with Crippen LogP contribution in [0.25, 0.3) is 5.57 Å². The van der Waals surface area contributed by atoms with Gasteiger partial charge in [0.15, 0.2) is 6.29 Å². The molecule has 38 heavy (non-hydrogen) atoms. The molecule has 2 unspecified atom stereocenters. The summed E-state index contributed by atoms with van der Waals surface area (Å²) in [5.74, 6) is 0.860. The van der Waals surface area contributed by atoms with Crippen molar-refractivity contribution in [3.63, 3.8) is 0 Å². The summed E-state index contributed by atoms with van der Waals surface area (Å²) in [5.41, 5.74) is 2.45. The second-order valence-corrected chi connectivity index (χ2v) is 12.9. The quantitative estimate of drug-likeness (QED) is 0.483. The first kappa shape index (κ1) is 27.1. The maximum absolute atomic E-state index is 13.6. The lowest BCUT2D eigenvalue weighted by molar-refractivity contribution is -0.157. The largest absolute Gasteiger partial charge is 0.346 e. The molecule has 4 fully saturated rings. The summed E-state index contributed by atoms with van der Waals surface area (Å²) in [5, 5.41) is 6.15. The number of aromatic nitrogens is 1. The minimum Gasteiger partial charge on any atom is -0.346 e. The van der Waals surface area contributed by atoms with Gasteiger partial charge in [0.2, 0.25) is 5.91 Å². The molecule has 206 valence electrons. The Bertz CT molecular complexity index is 1120. The van der Waals surface area contributed by atoms with Crippen molar-refractivity contribution in [3.05, 3.63) is 47.8 Å². The van der Waals surface area contributed by atoms with Crippen LogP contribution in [0.4, 0.5) is 0 Å². The SMILES string of the molecule is CC(C)C[C@H](NC(=O)[C@@H](NC(=O)c1cccc(C2=CC=CC2)n1)C(C)C)C1OC2[C@H]3C[C@@H](C[C@H]2O1)C3(C)C. The molecule has 1 saturated heterocycles. The highest BCUT2D eigenvalue weighted by Crippen LogP contribution is 2.62. The summed E-state index contributed by atoms with van der Waals surface area (Å²) in [6, 6.07) is 4.44. The van der Waals surface area contributed by atoms with Gasteiger partial charge in [-0.2, -0.15) is 0 Å². The van der Waals surface area contributed by atoms with Gasteiger partial charge in [-0.15, -0.1) is 0 Å². The minimum absolute atomic E-state index is 0.0932. The van der Waals surface area contributed by atoms with Crippen LogP contribution in [-0.2, 0) is 14.3 Å². The number of rotatable bonds is 9. The van der Waals surface area contributed by atoms with E-state index < -0.39 is 12.3 Å². The lowest BCUT2D eigenvalue weighted by Crippen LogP contribution is -2.59. The fourth-order valence-electron chi connectivity index (χ4n) is 6.70. The van der Waals surface area contributed by atoms with Crippen molar-refractivity contribution in [2.24, 2.45) is 29.1 Å². The first-order chi connectivity index (χ1) is 18.0. The van der Waals surface area contributed by atoms with E-state index in [2.05, 4.69) is 49.4 Å². The number of amides is 2. The van der Waals surface area contributed by atoms with Gasteiger partial charge in [0.05, 0.1) is 23.9 Å². The van der Waals surface area contributed by atoms with Crippen LogP contribution < -0.4 is 10.6 Å². The average molecular weight is 522 g/mol. The van der Waals surface area contributed by atoms with Gasteiger partial charge in [0.25, 0.3) is 5.91 Å². The zero-order valence-electron chi connectivity index (χ0n) is 23.6. The van der Waals surface area contributed by atoms with Crippen molar-refractivity contribution in [3.8, 4) is 0 Å². The summed E-state index contributed by atoms with van der Waals surface area (Å²) < 4.78 is 13.0. The zero-order valence-corrected chi connectivity index (χ0v) is 23.6. The van der Waals surface area contributed by atoms with E-state index >= 15 is 0 Å². The molecule has 4 aliphatic carbocycles. The molecule has 2 heterocycles. The van der Waals surface area contributed by atoms with Crippen molar-refractivity contribution in [2.45, 2.75) is 97.8 Å². The minimum atomic E-state index is -0.703. The molecule has 2 bridgehead atoms. The van der Waals surface area contributed by atoms with E-state index in [0.29, 0.717) is 28.9 Å². The number of hydrogen-bond donors (Lipinski definition) is 2. The van der Waals surface area contributed by atoms with Crippen LogP contribution in [0.5, 0.6) is 0 Å². The van der Waals surface area contributed by atoms with Crippen LogP contribution in [0, 0.1) is 29.1 Å². The molecule has 7 heteroatoms. The van der Waals surface area contributed by atoms with Crippen LogP contribution in [0.3, 0.4) is 0 Å². The summed E-state index contributed by atoms with van der Waals surface area (Å²) in [6.07, 6.45) is 9.56. The number of nitrogens with one attached hydrogen (secondary N) is 2. The highest BCUT2D eigenvalue weighted by atomic mass is 16.7. The smallest absolute Gasteiger partial charge is 0.270 e. The molecule has 0 radical (unpaired) electrons. The standard InChI is InChI=1S/C31H43N3O4/c1-17(2)14-24(30-37-25-16-20-15-21(27(25)38-30)31(20,5)6)33-29(36)26(18(3)4)34-28(35)23-13-9-12-22(32-23)19-10-7-8-11-19/h7-10,12-13,17-18,20-21,24-27,30H,11,14-16H2,1-6H3,(H,33,36)(H,34,35)/t20-,21+,24-,25+,26-,27?,30?/m0/s1. The van der Waals surface area contributed by atoms with E-state index in [1.807, 2.05) is 38.1 Å². The maximum atomic E-state index is 13.6. The topological polar surface area (TPSA) is 89.6 Å². The fourth-order valence-corrected chi connectivity index (χ4v) is 6.70. The van der Waals surface area contributed by atoms with Gasteiger partial charge in [-0.1, -0.05) is 65.8 Å². The molecule has 3 saturated carbocycles. The zero-order chi connectivity index (χ0) is 27.2. The molecule has 0 aromatic carbocycles. The highest BCUT2D eigenvalue weighted by molar-refractivity contribution is 5.96. The molecule has 1 aromatic rings. The number of pyridine rings is 1. The van der Waals surface area contributed by atoms with Crippen molar-refractivity contribution < 1.29 is 19.1 Å². The van der Waals surface area contributed by atoms with Crippen molar-refractivity contribution in [1.82, 2.24) is 15.6 Å². The maximum Gasteiger partial charge on any atom is 0.270 e. The molecule has 2 amide bonds.